The van der Waals surface area contributed by atoms with Gasteiger partial charge in [0.25, 0.3) is 11.8 Å². The van der Waals surface area contributed by atoms with Crippen LogP contribution in [0.5, 0.6) is 0 Å². The Morgan fingerprint density at radius 1 is 1.15 bits per heavy atom. The maximum atomic E-state index is 13.3. The van der Waals surface area contributed by atoms with E-state index in [1.807, 2.05) is 0 Å². The van der Waals surface area contributed by atoms with E-state index in [4.69, 9.17) is 23.2 Å². The molecule has 0 bridgehead atoms. The summed E-state index contributed by atoms with van der Waals surface area (Å²) in [7, 11) is 1.25. The second-order valence-electron chi connectivity index (χ2n) is 8.06. The lowest BCUT2D eigenvalue weighted by molar-refractivity contribution is -0.120. The van der Waals surface area contributed by atoms with Crippen LogP contribution in [0.15, 0.2) is 18.3 Å². The summed E-state index contributed by atoms with van der Waals surface area (Å²) in [4.78, 5) is 56.7. The molecule has 2 aliphatic rings. The van der Waals surface area contributed by atoms with Gasteiger partial charge >= 0.3 is 5.97 Å². The van der Waals surface area contributed by atoms with E-state index in [9.17, 15) is 19.2 Å². The van der Waals surface area contributed by atoms with Crippen molar-refractivity contribution in [2.75, 3.05) is 12.4 Å². The molecule has 0 unspecified atom stereocenters. The van der Waals surface area contributed by atoms with E-state index >= 15 is 0 Å². The molecule has 11 heteroatoms. The highest BCUT2D eigenvalue weighted by molar-refractivity contribution is 7.17. The number of methoxy groups -OCH3 is 1. The third kappa shape index (κ3) is 4.76. The van der Waals surface area contributed by atoms with Crippen LogP contribution in [0.3, 0.4) is 0 Å². The molecule has 1 aromatic carbocycles. The highest BCUT2D eigenvalue weighted by Gasteiger charge is 2.44. The number of hydrogen-bond acceptors (Lipinski definition) is 7. The molecule has 2 aromatic rings. The molecule has 1 fully saturated rings. The molecule has 1 aliphatic carbocycles. The van der Waals surface area contributed by atoms with Gasteiger partial charge in [0.2, 0.25) is 5.91 Å². The molecule has 8 nitrogen and oxygen atoms in total. The third-order valence-electron chi connectivity index (χ3n) is 5.98. The minimum absolute atomic E-state index is 0.123. The predicted octanol–water partition coefficient (Wildman–Crippen LogP) is 4.81. The van der Waals surface area contributed by atoms with Crippen LogP contribution in [-0.2, 0) is 9.53 Å². The molecule has 0 spiro atoms. The van der Waals surface area contributed by atoms with Crippen molar-refractivity contribution in [3.8, 4) is 0 Å². The molecule has 33 heavy (non-hydrogen) atoms. The van der Waals surface area contributed by atoms with E-state index in [2.05, 4.69) is 15.0 Å². The minimum Gasteiger partial charge on any atom is -0.465 e. The standard InChI is InChI=1S/C22H21Cl2N3O5S/c1-32-21(31)17-10-25-22(33-17)26-18(28)16(7-11-5-3-2-4-6-11)27-19(29)12-8-14(23)15(24)9-13(12)20(27)30/h8-11,16H,2-7H2,1H3,(H,25,26,28)/t16-/m0/s1. The van der Waals surface area contributed by atoms with E-state index in [0.717, 1.165) is 48.3 Å². The van der Waals surface area contributed by atoms with Crippen molar-refractivity contribution in [1.29, 1.82) is 0 Å². The van der Waals surface area contributed by atoms with Gasteiger partial charge in [0, 0.05) is 0 Å². The van der Waals surface area contributed by atoms with E-state index in [1.165, 1.54) is 25.4 Å². The van der Waals surface area contributed by atoms with Crippen LogP contribution in [0.1, 0.15) is 68.9 Å². The number of fused-ring (bicyclic) bond motifs is 1. The number of nitrogens with one attached hydrogen (secondary N) is 1. The van der Waals surface area contributed by atoms with Crippen LogP contribution in [-0.4, -0.2) is 46.7 Å². The first-order valence-corrected chi connectivity index (χ1v) is 12.1. The number of thiazole rings is 1. The van der Waals surface area contributed by atoms with Gasteiger partial charge in [-0.1, -0.05) is 66.6 Å². The number of carbonyl (C=O) groups is 4. The predicted molar refractivity (Wildman–Crippen MR) is 124 cm³/mol. The van der Waals surface area contributed by atoms with Crippen LogP contribution in [0.25, 0.3) is 0 Å². The van der Waals surface area contributed by atoms with Crippen molar-refractivity contribution in [3.05, 3.63) is 44.4 Å². The Morgan fingerprint density at radius 3 is 2.33 bits per heavy atom. The Kier molecular flexibility index (Phi) is 7.02. The largest absolute Gasteiger partial charge is 0.465 e. The van der Waals surface area contributed by atoms with E-state index < -0.39 is 29.7 Å². The Hall–Kier alpha value is -2.49. The lowest BCUT2D eigenvalue weighted by atomic mass is 9.84. The molecule has 1 saturated carbocycles. The third-order valence-corrected chi connectivity index (χ3v) is 7.59. The molecule has 0 saturated heterocycles. The Labute approximate surface area is 204 Å². The molecular formula is C22H21Cl2N3O5S. The van der Waals surface area contributed by atoms with Gasteiger partial charge in [-0.05, 0) is 24.5 Å². The highest BCUT2D eigenvalue weighted by atomic mass is 35.5. The van der Waals surface area contributed by atoms with Crippen molar-refractivity contribution < 1.29 is 23.9 Å². The highest BCUT2D eigenvalue weighted by Crippen LogP contribution is 2.35. The normalized spacial score (nSPS) is 17.1. The summed E-state index contributed by atoms with van der Waals surface area (Å²) in [6, 6.07) is 1.68. The van der Waals surface area contributed by atoms with Crippen LogP contribution in [0.2, 0.25) is 10.0 Å². The molecule has 4 rings (SSSR count). The van der Waals surface area contributed by atoms with Gasteiger partial charge in [-0.2, -0.15) is 0 Å². The molecule has 3 amide bonds. The SMILES string of the molecule is COC(=O)c1cnc(NC(=O)[C@H](CC2CCCCC2)N2C(=O)c3cc(Cl)c(Cl)cc3C2=O)s1. The molecule has 1 aliphatic heterocycles. The van der Waals surface area contributed by atoms with Crippen LogP contribution in [0, 0.1) is 5.92 Å². The summed E-state index contributed by atoms with van der Waals surface area (Å²) in [5.41, 5.74) is 0.246. The first-order chi connectivity index (χ1) is 15.8. The number of benzene rings is 1. The van der Waals surface area contributed by atoms with E-state index in [0.29, 0.717) is 6.42 Å². The lowest BCUT2D eigenvalue weighted by Gasteiger charge is -2.30. The van der Waals surface area contributed by atoms with E-state index in [-0.39, 0.29) is 37.1 Å². The van der Waals surface area contributed by atoms with Gasteiger partial charge in [0.15, 0.2) is 5.13 Å². The van der Waals surface area contributed by atoms with Crippen molar-refractivity contribution in [1.82, 2.24) is 9.88 Å². The molecule has 1 aromatic heterocycles. The number of hydrogen-bond donors (Lipinski definition) is 1. The number of halogens is 2. The number of carbonyl (C=O) groups excluding carboxylic acids is 4. The fourth-order valence-corrected chi connectivity index (χ4v) is 5.38. The van der Waals surface area contributed by atoms with Crippen molar-refractivity contribution in [2.45, 2.75) is 44.6 Å². The zero-order valence-corrected chi connectivity index (χ0v) is 20.1. The Morgan fingerprint density at radius 2 is 1.76 bits per heavy atom. The zero-order valence-electron chi connectivity index (χ0n) is 17.7. The van der Waals surface area contributed by atoms with Crippen molar-refractivity contribution >= 4 is 63.4 Å². The van der Waals surface area contributed by atoms with Crippen LogP contribution >= 0.6 is 34.5 Å². The summed E-state index contributed by atoms with van der Waals surface area (Å²) >= 11 is 13.1. The van der Waals surface area contributed by atoms with Gasteiger partial charge in [0.1, 0.15) is 10.9 Å². The Bertz CT molecular complexity index is 1090. The lowest BCUT2D eigenvalue weighted by Crippen LogP contribution is -2.48. The second kappa shape index (κ2) is 9.79. The maximum Gasteiger partial charge on any atom is 0.349 e. The first-order valence-electron chi connectivity index (χ1n) is 10.5. The Balaban J connectivity index is 1.62. The summed E-state index contributed by atoms with van der Waals surface area (Å²) < 4.78 is 4.67. The quantitative estimate of drug-likeness (QED) is 0.442. The monoisotopic (exact) mass is 509 g/mol. The number of rotatable bonds is 6. The van der Waals surface area contributed by atoms with Crippen molar-refractivity contribution in [2.24, 2.45) is 5.92 Å². The number of anilines is 1. The van der Waals surface area contributed by atoms with Gasteiger partial charge in [-0.15, -0.1) is 0 Å². The summed E-state index contributed by atoms with van der Waals surface area (Å²) in [6.45, 7) is 0. The molecule has 1 atom stereocenters. The van der Waals surface area contributed by atoms with Gasteiger partial charge < -0.3 is 10.1 Å². The van der Waals surface area contributed by atoms with E-state index in [1.54, 1.807) is 0 Å². The van der Waals surface area contributed by atoms with Gasteiger partial charge in [-0.3, -0.25) is 19.3 Å². The second-order valence-corrected chi connectivity index (χ2v) is 9.90. The summed E-state index contributed by atoms with van der Waals surface area (Å²) in [5, 5.41) is 3.15. The topological polar surface area (TPSA) is 106 Å². The summed E-state index contributed by atoms with van der Waals surface area (Å²) in [5.74, 6) is -2.08. The number of imide groups is 1. The average Bonchev–Trinajstić information content (AvgIpc) is 3.36. The van der Waals surface area contributed by atoms with Crippen LogP contribution in [0.4, 0.5) is 5.13 Å². The van der Waals surface area contributed by atoms with Gasteiger partial charge in [-0.25, -0.2) is 9.78 Å². The summed E-state index contributed by atoms with van der Waals surface area (Å²) in [6.07, 6.45) is 6.71. The number of ether oxygens (including phenoxy) is 1. The number of amides is 3. The zero-order chi connectivity index (χ0) is 23.7. The maximum absolute atomic E-state index is 13.3. The fourth-order valence-electron chi connectivity index (χ4n) is 4.32. The number of nitrogens with zero attached hydrogens (tertiary/aromatic N) is 2. The molecule has 0 radical (unpaired) electrons. The molecular weight excluding hydrogens is 489 g/mol. The minimum atomic E-state index is -1.04. The smallest absolute Gasteiger partial charge is 0.349 e. The molecule has 1 N–H and O–H groups in total. The average molecular weight is 510 g/mol. The number of aromatic nitrogens is 1. The molecule has 174 valence electrons. The van der Waals surface area contributed by atoms with Crippen LogP contribution < -0.4 is 5.32 Å². The number of esters is 1. The van der Waals surface area contributed by atoms with Crippen molar-refractivity contribution in [3.63, 3.8) is 0 Å². The molecule has 2 heterocycles. The fraction of sp³-hybridized carbons (Fsp3) is 0.409. The van der Waals surface area contributed by atoms with Gasteiger partial charge in [0.05, 0.1) is 34.5 Å². The first kappa shape index (κ1) is 23.7.